The molecule has 1 aliphatic rings. The molecule has 1 atom stereocenters. The summed E-state index contributed by atoms with van der Waals surface area (Å²) in [5.41, 5.74) is 0.866. The first kappa shape index (κ1) is 20.4. The van der Waals surface area contributed by atoms with E-state index < -0.39 is 0 Å². The van der Waals surface area contributed by atoms with E-state index in [0.29, 0.717) is 24.7 Å². The van der Waals surface area contributed by atoms with Crippen LogP contribution in [0, 0.1) is 0 Å². The number of hydrogen-bond acceptors (Lipinski definition) is 5. The SMILES string of the molecule is CCCCCCCC(=O)N1CCCC(c2nc(-c3cccc(OC)c3)no2)C1. The van der Waals surface area contributed by atoms with Gasteiger partial charge in [0.05, 0.1) is 13.0 Å². The van der Waals surface area contributed by atoms with Gasteiger partial charge in [-0.2, -0.15) is 4.98 Å². The molecule has 152 valence electrons. The molecule has 3 rings (SSSR count). The number of hydrogen-bond donors (Lipinski definition) is 0. The van der Waals surface area contributed by atoms with Crippen molar-refractivity contribution in [2.24, 2.45) is 0 Å². The third kappa shape index (κ3) is 5.33. The Morgan fingerprint density at radius 2 is 2.14 bits per heavy atom. The van der Waals surface area contributed by atoms with E-state index in [1.165, 1.54) is 19.3 Å². The molecule has 1 amide bonds. The number of benzene rings is 1. The van der Waals surface area contributed by atoms with Gasteiger partial charge in [0.15, 0.2) is 0 Å². The van der Waals surface area contributed by atoms with Crippen molar-refractivity contribution in [1.29, 1.82) is 0 Å². The van der Waals surface area contributed by atoms with Crippen molar-refractivity contribution in [1.82, 2.24) is 15.0 Å². The summed E-state index contributed by atoms with van der Waals surface area (Å²) in [6, 6.07) is 7.62. The van der Waals surface area contributed by atoms with Gasteiger partial charge in [0.2, 0.25) is 17.6 Å². The molecule has 1 fully saturated rings. The molecule has 6 heteroatoms. The van der Waals surface area contributed by atoms with Crippen LogP contribution in [0.15, 0.2) is 28.8 Å². The van der Waals surface area contributed by atoms with Crippen molar-refractivity contribution in [2.75, 3.05) is 20.2 Å². The molecule has 0 radical (unpaired) electrons. The molecule has 0 saturated carbocycles. The van der Waals surface area contributed by atoms with Crippen LogP contribution >= 0.6 is 0 Å². The largest absolute Gasteiger partial charge is 0.497 e. The molecule has 1 saturated heterocycles. The number of rotatable bonds is 9. The van der Waals surface area contributed by atoms with Crippen molar-refractivity contribution in [2.45, 2.75) is 64.2 Å². The number of aromatic nitrogens is 2. The molecule has 1 aromatic heterocycles. The zero-order valence-corrected chi connectivity index (χ0v) is 17.0. The summed E-state index contributed by atoms with van der Waals surface area (Å²) in [7, 11) is 1.64. The van der Waals surface area contributed by atoms with Gasteiger partial charge < -0.3 is 14.2 Å². The molecule has 1 unspecified atom stereocenters. The summed E-state index contributed by atoms with van der Waals surface area (Å²) >= 11 is 0. The van der Waals surface area contributed by atoms with Gasteiger partial charge in [0.25, 0.3) is 0 Å². The van der Waals surface area contributed by atoms with E-state index in [1.807, 2.05) is 29.2 Å². The van der Waals surface area contributed by atoms with Gasteiger partial charge in [-0.15, -0.1) is 0 Å². The predicted molar refractivity (Wildman–Crippen MR) is 108 cm³/mol. The Morgan fingerprint density at radius 1 is 1.29 bits per heavy atom. The Bertz CT molecular complexity index is 759. The van der Waals surface area contributed by atoms with Gasteiger partial charge in [-0.1, -0.05) is 49.9 Å². The molecular weight excluding hydrogens is 354 g/mol. The fourth-order valence-corrected chi connectivity index (χ4v) is 3.72. The van der Waals surface area contributed by atoms with Crippen LogP contribution in [-0.2, 0) is 4.79 Å². The lowest BCUT2D eigenvalue weighted by atomic mass is 9.97. The summed E-state index contributed by atoms with van der Waals surface area (Å²) in [5, 5.41) is 4.14. The van der Waals surface area contributed by atoms with E-state index >= 15 is 0 Å². The van der Waals surface area contributed by atoms with Crippen LogP contribution in [0.1, 0.15) is 70.1 Å². The quantitative estimate of drug-likeness (QED) is 0.579. The topological polar surface area (TPSA) is 68.5 Å². The highest BCUT2D eigenvalue weighted by molar-refractivity contribution is 5.76. The van der Waals surface area contributed by atoms with Gasteiger partial charge in [-0.25, -0.2) is 0 Å². The Balaban J connectivity index is 1.57. The van der Waals surface area contributed by atoms with Crippen LogP contribution < -0.4 is 4.74 Å². The summed E-state index contributed by atoms with van der Waals surface area (Å²) in [6.07, 6.45) is 8.43. The van der Waals surface area contributed by atoms with Crippen LogP contribution in [0.4, 0.5) is 0 Å². The molecule has 28 heavy (non-hydrogen) atoms. The monoisotopic (exact) mass is 385 g/mol. The highest BCUT2D eigenvalue weighted by Crippen LogP contribution is 2.29. The fourth-order valence-electron chi connectivity index (χ4n) is 3.72. The molecule has 0 spiro atoms. The zero-order chi connectivity index (χ0) is 19.8. The Labute approximate surface area is 167 Å². The third-order valence-corrected chi connectivity index (χ3v) is 5.39. The molecule has 6 nitrogen and oxygen atoms in total. The standard InChI is InChI=1S/C22H31N3O3/c1-3-4-5-6-7-13-20(26)25-14-9-11-18(16-25)22-23-21(24-28-22)17-10-8-12-19(15-17)27-2/h8,10,12,15,18H,3-7,9,11,13-14,16H2,1-2H3. The maximum absolute atomic E-state index is 12.6. The van der Waals surface area contributed by atoms with Gasteiger partial charge >= 0.3 is 0 Å². The Morgan fingerprint density at radius 3 is 2.96 bits per heavy atom. The van der Waals surface area contributed by atoms with E-state index in [1.54, 1.807) is 7.11 Å². The molecule has 0 bridgehead atoms. The lowest BCUT2D eigenvalue weighted by Gasteiger charge is -2.31. The summed E-state index contributed by atoms with van der Waals surface area (Å²) < 4.78 is 10.8. The average molecular weight is 386 g/mol. The minimum Gasteiger partial charge on any atom is -0.497 e. The lowest BCUT2D eigenvalue weighted by molar-refractivity contribution is -0.132. The van der Waals surface area contributed by atoms with Crippen molar-refractivity contribution in [3.8, 4) is 17.1 Å². The fraction of sp³-hybridized carbons (Fsp3) is 0.591. The van der Waals surface area contributed by atoms with Gasteiger partial charge in [0.1, 0.15) is 5.75 Å². The third-order valence-electron chi connectivity index (χ3n) is 5.39. The van der Waals surface area contributed by atoms with Gasteiger partial charge in [0, 0.05) is 25.1 Å². The maximum atomic E-state index is 12.6. The minimum absolute atomic E-state index is 0.115. The van der Waals surface area contributed by atoms with Crippen LogP contribution in [-0.4, -0.2) is 41.1 Å². The van der Waals surface area contributed by atoms with Crippen LogP contribution in [0.5, 0.6) is 5.75 Å². The van der Waals surface area contributed by atoms with Gasteiger partial charge in [-0.05, 0) is 31.4 Å². The molecule has 2 heterocycles. The number of unbranched alkanes of at least 4 members (excludes halogenated alkanes) is 4. The average Bonchev–Trinajstić information content (AvgIpc) is 3.24. The number of likely N-dealkylation sites (tertiary alicyclic amines) is 1. The number of ether oxygens (including phenoxy) is 1. The van der Waals surface area contributed by atoms with E-state index in [4.69, 9.17) is 9.26 Å². The molecule has 1 aromatic carbocycles. The molecular formula is C22H31N3O3. The zero-order valence-electron chi connectivity index (χ0n) is 17.0. The highest BCUT2D eigenvalue weighted by Gasteiger charge is 2.28. The van der Waals surface area contributed by atoms with Crippen LogP contribution in [0.25, 0.3) is 11.4 Å². The number of piperidine rings is 1. The minimum atomic E-state index is 0.115. The summed E-state index contributed by atoms with van der Waals surface area (Å²) in [4.78, 5) is 19.1. The second-order valence-electron chi connectivity index (χ2n) is 7.53. The Kier molecular flexibility index (Phi) is 7.46. The smallest absolute Gasteiger partial charge is 0.231 e. The van der Waals surface area contributed by atoms with E-state index in [0.717, 1.165) is 43.5 Å². The summed E-state index contributed by atoms with van der Waals surface area (Å²) in [6.45, 7) is 3.71. The van der Waals surface area contributed by atoms with Crippen LogP contribution in [0.3, 0.4) is 0 Å². The number of carbonyl (C=O) groups is 1. The van der Waals surface area contributed by atoms with E-state index in [-0.39, 0.29) is 11.8 Å². The van der Waals surface area contributed by atoms with Gasteiger partial charge in [-0.3, -0.25) is 4.79 Å². The molecule has 1 aliphatic heterocycles. The second-order valence-corrected chi connectivity index (χ2v) is 7.53. The normalized spacial score (nSPS) is 16.9. The highest BCUT2D eigenvalue weighted by atomic mass is 16.5. The summed E-state index contributed by atoms with van der Waals surface area (Å²) in [5.74, 6) is 2.32. The number of carbonyl (C=O) groups excluding carboxylic acids is 1. The van der Waals surface area contributed by atoms with Crippen molar-refractivity contribution in [3.05, 3.63) is 30.2 Å². The van der Waals surface area contributed by atoms with E-state index in [2.05, 4.69) is 17.1 Å². The number of methoxy groups -OCH3 is 1. The van der Waals surface area contributed by atoms with Crippen molar-refractivity contribution >= 4 is 5.91 Å². The number of nitrogens with zero attached hydrogens (tertiary/aromatic N) is 3. The van der Waals surface area contributed by atoms with Crippen LogP contribution in [0.2, 0.25) is 0 Å². The Hall–Kier alpha value is -2.37. The van der Waals surface area contributed by atoms with Crippen molar-refractivity contribution < 1.29 is 14.1 Å². The lowest BCUT2D eigenvalue weighted by Crippen LogP contribution is -2.39. The maximum Gasteiger partial charge on any atom is 0.231 e. The second kappa shape index (κ2) is 10.2. The first-order valence-corrected chi connectivity index (χ1v) is 10.5. The first-order valence-electron chi connectivity index (χ1n) is 10.5. The molecule has 0 N–H and O–H groups in total. The first-order chi connectivity index (χ1) is 13.7. The van der Waals surface area contributed by atoms with Crippen molar-refractivity contribution in [3.63, 3.8) is 0 Å². The molecule has 0 aliphatic carbocycles. The predicted octanol–water partition coefficient (Wildman–Crippen LogP) is 4.81. The molecule has 2 aromatic rings. The van der Waals surface area contributed by atoms with E-state index in [9.17, 15) is 4.79 Å². The number of amides is 1.